The normalized spacial score (nSPS) is 12.7. The minimum Gasteiger partial charge on any atom is -0.284 e. The van der Waals surface area contributed by atoms with E-state index in [0.29, 0.717) is 0 Å². The summed E-state index contributed by atoms with van der Waals surface area (Å²) in [6.07, 6.45) is 0.913. The van der Waals surface area contributed by atoms with Gasteiger partial charge in [0.05, 0.1) is 5.52 Å². The number of hydrogen-bond donors (Lipinski definition) is 0. The molecular formula is C18H20N2OS2. The molecule has 3 aromatic rings. The van der Waals surface area contributed by atoms with Crippen molar-refractivity contribution < 1.29 is 0 Å². The van der Waals surface area contributed by atoms with E-state index in [1.54, 1.807) is 11.8 Å². The standard InChI is InChI=1S/C18H20N2OS2/c1-4-13(3)20-17(21)16-15(8-9-22-16)19-18(20)23-11-14-7-5-6-12(2)10-14/h5-10,13H,4,11H2,1-3H3. The van der Waals surface area contributed by atoms with Gasteiger partial charge in [-0.1, -0.05) is 48.5 Å². The van der Waals surface area contributed by atoms with Crippen LogP contribution in [0.2, 0.25) is 0 Å². The zero-order chi connectivity index (χ0) is 16.4. The topological polar surface area (TPSA) is 34.9 Å². The van der Waals surface area contributed by atoms with Crippen molar-refractivity contribution in [2.75, 3.05) is 0 Å². The molecule has 0 bridgehead atoms. The fourth-order valence-electron chi connectivity index (χ4n) is 2.53. The number of nitrogens with zero attached hydrogens (tertiary/aromatic N) is 2. The van der Waals surface area contributed by atoms with Crippen molar-refractivity contribution >= 4 is 33.3 Å². The number of benzene rings is 1. The van der Waals surface area contributed by atoms with Crippen molar-refractivity contribution in [3.05, 3.63) is 57.2 Å². The Morgan fingerprint density at radius 2 is 2.17 bits per heavy atom. The second kappa shape index (κ2) is 6.89. The highest BCUT2D eigenvalue weighted by atomic mass is 32.2. The number of hydrogen-bond acceptors (Lipinski definition) is 4. The van der Waals surface area contributed by atoms with Gasteiger partial charge in [0, 0.05) is 11.8 Å². The van der Waals surface area contributed by atoms with Crippen LogP contribution in [0.4, 0.5) is 0 Å². The van der Waals surface area contributed by atoms with Crippen molar-refractivity contribution in [2.24, 2.45) is 0 Å². The van der Waals surface area contributed by atoms with Gasteiger partial charge in [-0.25, -0.2) is 4.98 Å². The molecule has 23 heavy (non-hydrogen) atoms. The van der Waals surface area contributed by atoms with Gasteiger partial charge in [0.15, 0.2) is 5.16 Å². The number of fused-ring (bicyclic) bond motifs is 1. The first-order valence-corrected chi connectivity index (χ1v) is 9.64. The van der Waals surface area contributed by atoms with Crippen LogP contribution in [0.25, 0.3) is 10.2 Å². The molecule has 0 radical (unpaired) electrons. The predicted molar refractivity (Wildman–Crippen MR) is 99.6 cm³/mol. The lowest BCUT2D eigenvalue weighted by atomic mass is 10.2. The van der Waals surface area contributed by atoms with Gasteiger partial charge in [0.25, 0.3) is 5.56 Å². The summed E-state index contributed by atoms with van der Waals surface area (Å²) < 4.78 is 2.62. The molecule has 0 aliphatic carbocycles. The summed E-state index contributed by atoms with van der Waals surface area (Å²) in [4.78, 5) is 17.5. The maximum atomic E-state index is 12.8. The molecule has 0 spiro atoms. The van der Waals surface area contributed by atoms with Crippen molar-refractivity contribution in [1.82, 2.24) is 9.55 Å². The third-order valence-electron chi connectivity index (χ3n) is 3.96. The van der Waals surface area contributed by atoms with E-state index in [0.717, 1.165) is 27.5 Å². The van der Waals surface area contributed by atoms with Crippen LogP contribution in [0.5, 0.6) is 0 Å². The average Bonchev–Trinajstić information content (AvgIpc) is 3.01. The molecule has 0 aliphatic rings. The highest BCUT2D eigenvalue weighted by Gasteiger charge is 2.16. The van der Waals surface area contributed by atoms with Gasteiger partial charge in [0.1, 0.15) is 4.70 Å². The first-order valence-electron chi connectivity index (χ1n) is 7.78. The van der Waals surface area contributed by atoms with E-state index in [1.165, 1.54) is 22.5 Å². The first kappa shape index (κ1) is 16.3. The molecule has 0 amide bonds. The molecule has 0 fully saturated rings. The molecule has 3 rings (SSSR count). The highest BCUT2D eigenvalue weighted by molar-refractivity contribution is 7.98. The molecule has 1 atom stereocenters. The first-order chi connectivity index (χ1) is 11.1. The van der Waals surface area contributed by atoms with Crippen molar-refractivity contribution in [3.8, 4) is 0 Å². The third kappa shape index (κ3) is 3.35. The Kier molecular flexibility index (Phi) is 4.87. The molecule has 2 aromatic heterocycles. The predicted octanol–water partition coefficient (Wildman–Crippen LogP) is 5.03. The van der Waals surface area contributed by atoms with Crippen LogP contribution in [-0.4, -0.2) is 9.55 Å². The van der Waals surface area contributed by atoms with Crippen LogP contribution in [0.3, 0.4) is 0 Å². The minimum absolute atomic E-state index is 0.0890. The lowest BCUT2D eigenvalue weighted by molar-refractivity contribution is 0.468. The number of thioether (sulfide) groups is 1. The monoisotopic (exact) mass is 344 g/mol. The molecule has 0 saturated heterocycles. The van der Waals surface area contributed by atoms with Crippen LogP contribution in [0.1, 0.15) is 37.4 Å². The molecule has 0 N–H and O–H groups in total. The molecule has 0 aliphatic heterocycles. The Bertz CT molecular complexity index is 882. The molecular weight excluding hydrogens is 324 g/mol. The van der Waals surface area contributed by atoms with Gasteiger partial charge in [-0.05, 0) is 37.3 Å². The zero-order valence-corrected chi connectivity index (χ0v) is 15.2. The second-order valence-corrected chi connectivity index (χ2v) is 7.60. The summed E-state index contributed by atoms with van der Waals surface area (Å²) in [6.45, 7) is 6.28. The highest BCUT2D eigenvalue weighted by Crippen LogP contribution is 2.27. The van der Waals surface area contributed by atoms with Gasteiger partial charge in [-0.2, -0.15) is 0 Å². The van der Waals surface area contributed by atoms with E-state index in [4.69, 9.17) is 4.98 Å². The van der Waals surface area contributed by atoms with E-state index >= 15 is 0 Å². The third-order valence-corrected chi connectivity index (χ3v) is 5.88. The van der Waals surface area contributed by atoms with Crippen molar-refractivity contribution in [2.45, 2.75) is 44.1 Å². The summed E-state index contributed by atoms with van der Waals surface area (Å²) in [7, 11) is 0. The minimum atomic E-state index is 0.0890. The Hall–Kier alpha value is -1.59. The Balaban J connectivity index is 1.99. The number of thiophene rings is 1. The summed E-state index contributed by atoms with van der Waals surface area (Å²) >= 11 is 3.12. The lowest BCUT2D eigenvalue weighted by Gasteiger charge is -2.17. The smallest absolute Gasteiger partial charge is 0.272 e. The van der Waals surface area contributed by atoms with Gasteiger partial charge < -0.3 is 0 Å². The van der Waals surface area contributed by atoms with Crippen LogP contribution in [0.15, 0.2) is 45.7 Å². The number of rotatable bonds is 5. The average molecular weight is 345 g/mol. The van der Waals surface area contributed by atoms with Gasteiger partial charge >= 0.3 is 0 Å². The number of aryl methyl sites for hydroxylation is 1. The van der Waals surface area contributed by atoms with E-state index < -0.39 is 0 Å². The molecule has 120 valence electrons. The lowest BCUT2D eigenvalue weighted by Crippen LogP contribution is -2.25. The van der Waals surface area contributed by atoms with Crippen LogP contribution >= 0.6 is 23.1 Å². The van der Waals surface area contributed by atoms with E-state index in [2.05, 4.69) is 45.0 Å². The number of aromatic nitrogens is 2. The molecule has 5 heteroatoms. The maximum absolute atomic E-state index is 12.8. The van der Waals surface area contributed by atoms with Crippen LogP contribution in [-0.2, 0) is 5.75 Å². The van der Waals surface area contributed by atoms with Gasteiger partial charge in [-0.15, -0.1) is 11.3 Å². The second-order valence-electron chi connectivity index (χ2n) is 5.74. The Labute approximate surface area is 144 Å². The van der Waals surface area contributed by atoms with Crippen molar-refractivity contribution in [1.29, 1.82) is 0 Å². The summed E-state index contributed by atoms with van der Waals surface area (Å²) in [6, 6.07) is 10.6. The molecule has 0 saturated carbocycles. The Morgan fingerprint density at radius 3 is 2.91 bits per heavy atom. The van der Waals surface area contributed by atoms with E-state index in [-0.39, 0.29) is 11.6 Å². The summed E-state index contributed by atoms with van der Waals surface area (Å²) in [5, 5.41) is 2.76. The van der Waals surface area contributed by atoms with Crippen LogP contribution < -0.4 is 5.56 Å². The van der Waals surface area contributed by atoms with E-state index in [9.17, 15) is 4.79 Å². The molecule has 1 aromatic carbocycles. The molecule has 3 nitrogen and oxygen atoms in total. The molecule has 2 heterocycles. The molecule has 1 unspecified atom stereocenters. The fraction of sp³-hybridized carbons (Fsp3) is 0.333. The summed E-state index contributed by atoms with van der Waals surface area (Å²) in [5.74, 6) is 0.820. The van der Waals surface area contributed by atoms with Gasteiger partial charge in [-0.3, -0.25) is 9.36 Å². The quantitative estimate of drug-likeness (QED) is 0.481. The van der Waals surface area contributed by atoms with Crippen LogP contribution in [0, 0.1) is 6.92 Å². The maximum Gasteiger partial charge on any atom is 0.272 e. The van der Waals surface area contributed by atoms with Gasteiger partial charge in [0.2, 0.25) is 0 Å². The SMILES string of the molecule is CCC(C)n1c(SCc2cccc(C)c2)nc2ccsc2c1=O. The Morgan fingerprint density at radius 1 is 1.35 bits per heavy atom. The summed E-state index contributed by atoms with van der Waals surface area (Å²) in [5.41, 5.74) is 3.41. The zero-order valence-electron chi connectivity index (χ0n) is 13.6. The largest absolute Gasteiger partial charge is 0.284 e. The fourth-order valence-corrected chi connectivity index (χ4v) is 4.33. The van der Waals surface area contributed by atoms with E-state index in [1.807, 2.05) is 16.0 Å². The van der Waals surface area contributed by atoms with Crippen molar-refractivity contribution in [3.63, 3.8) is 0 Å².